The molecule has 0 aliphatic heterocycles. The van der Waals surface area contributed by atoms with Crippen LogP contribution in [0.1, 0.15) is 25.8 Å². The number of nitrogens with one attached hydrogen (secondary N) is 1. The van der Waals surface area contributed by atoms with Crippen LogP contribution in [0.15, 0.2) is 29.2 Å². The maximum absolute atomic E-state index is 12.3. The highest BCUT2D eigenvalue weighted by molar-refractivity contribution is 7.89. The molecule has 0 saturated heterocycles. The van der Waals surface area contributed by atoms with Crippen molar-refractivity contribution >= 4 is 15.9 Å². The zero-order chi connectivity index (χ0) is 15.2. The number of hydrogen-bond donors (Lipinski definition) is 1. The standard InChI is InChI=1S/C14H22N2O3S/c1-4-16(5-2)20(18,19)13-9-6-12(7-10-13)8-11-14(17)15-3/h6-7,9-10H,4-5,8,11H2,1-3H3,(H,15,17). The number of rotatable bonds is 7. The van der Waals surface area contributed by atoms with Gasteiger partial charge in [0, 0.05) is 26.6 Å². The summed E-state index contributed by atoms with van der Waals surface area (Å²) < 4.78 is 26.0. The Balaban J connectivity index is 2.83. The molecule has 1 rings (SSSR count). The third-order valence-corrected chi connectivity index (χ3v) is 5.25. The fourth-order valence-corrected chi connectivity index (χ4v) is 3.38. The lowest BCUT2D eigenvalue weighted by atomic mass is 10.1. The molecule has 0 atom stereocenters. The van der Waals surface area contributed by atoms with E-state index in [0.717, 1.165) is 5.56 Å². The lowest BCUT2D eigenvalue weighted by Gasteiger charge is -2.18. The van der Waals surface area contributed by atoms with Gasteiger partial charge >= 0.3 is 0 Å². The fraction of sp³-hybridized carbons (Fsp3) is 0.500. The van der Waals surface area contributed by atoms with Gasteiger partial charge in [-0.3, -0.25) is 4.79 Å². The van der Waals surface area contributed by atoms with Crippen molar-refractivity contribution < 1.29 is 13.2 Å². The van der Waals surface area contributed by atoms with Crippen molar-refractivity contribution in [1.29, 1.82) is 0 Å². The lowest BCUT2D eigenvalue weighted by Crippen LogP contribution is -2.30. The minimum atomic E-state index is -3.40. The van der Waals surface area contributed by atoms with Crippen LogP contribution in [0.3, 0.4) is 0 Å². The Bertz CT molecular complexity index is 534. The number of benzene rings is 1. The Morgan fingerprint density at radius 3 is 2.15 bits per heavy atom. The molecule has 1 N–H and O–H groups in total. The average molecular weight is 298 g/mol. The first-order chi connectivity index (χ1) is 9.45. The van der Waals surface area contributed by atoms with E-state index >= 15 is 0 Å². The number of nitrogens with zero attached hydrogens (tertiary/aromatic N) is 1. The van der Waals surface area contributed by atoms with Crippen LogP contribution in [0, 0.1) is 0 Å². The van der Waals surface area contributed by atoms with E-state index in [4.69, 9.17) is 0 Å². The Kier molecular flexibility index (Phi) is 6.16. The molecule has 112 valence electrons. The Labute approximate surface area is 121 Å². The van der Waals surface area contributed by atoms with Gasteiger partial charge in [0.05, 0.1) is 4.90 Å². The van der Waals surface area contributed by atoms with Crippen molar-refractivity contribution in [2.45, 2.75) is 31.6 Å². The quantitative estimate of drug-likeness (QED) is 0.827. The molecule has 20 heavy (non-hydrogen) atoms. The molecule has 1 aromatic rings. The molecule has 0 unspecified atom stereocenters. The minimum absolute atomic E-state index is 0.0233. The Morgan fingerprint density at radius 1 is 1.15 bits per heavy atom. The lowest BCUT2D eigenvalue weighted by molar-refractivity contribution is -0.120. The van der Waals surface area contributed by atoms with Crippen LogP contribution in [0.2, 0.25) is 0 Å². The largest absolute Gasteiger partial charge is 0.359 e. The zero-order valence-electron chi connectivity index (χ0n) is 12.2. The van der Waals surface area contributed by atoms with Gasteiger partial charge in [-0.25, -0.2) is 8.42 Å². The highest BCUT2D eigenvalue weighted by Gasteiger charge is 2.21. The zero-order valence-corrected chi connectivity index (χ0v) is 13.0. The molecule has 0 spiro atoms. The summed E-state index contributed by atoms with van der Waals surface area (Å²) in [5, 5.41) is 2.56. The molecule has 0 bridgehead atoms. The molecule has 0 aromatic heterocycles. The van der Waals surface area contributed by atoms with Crippen molar-refractivity contribution in [2.75, 3.05) is 20.1 Å². The highest BCUT2D eigenvalue weighted by atomic mass is 32.2. The first kappa shape index (κ1) is 16.7. The molecule has 1 amide bonds. The molecule has 6 heteroatoms. The summed E-state index contributed by atoms with van der Waals surface area (Å²) in [6.07, 6.45) is 1.00. The second kappa shape index (κ2) is 7.40. The fourth-order valence-electron chi connectivity index (χ4n) is 1.92. The Morgan fingerprint density at radius 2 is 1.70 bits per heavy atom. The summed E-state index contributed by atoms with van der Waals surface area (Å²) >= 11 is 0. The van der Waals surface area contributed by atoms with Gasteiger partial charge in [-0.05, 0) is 24.1 Å². The first-order valence-electron chi connectivity index (χ1n) is 6.75. The van der Waals surface area contributed by atoms with Gasteiger partial charge in [0.15, 0.2) is 0 Å². The number of sulfonamides is 1. The van der Waals surface area contributed by atoms with Crippen LogP contribution < -0.4 is 5.32 Å². The molecule has 1 aromatic carbocycles. The number of amides is 1. The van der Waals surface area contributed by atoms with Crippen LogP contribution in [0.25, 0.3) is 0 Å². The van der Waals surface area contributed by atoms with Gasteiger partial charge in [0.25, 0.3) is 0 Å². The van der Waals surface area contributed by atoms with Crippen molar-refractivity contribution in [3.63, 3.8) is 0 Å². The van der Waals surface area contributed by atoms with Gasteiger partial charge in [-0.15, -0.1) is 0 Å². The van der Waals surface area contributed by atoms with Crippen LogP contribution in [-0.2, 0) is 21.2 Å². The first-order valence-corrected chi connectivity index (χ1v) is 8.19. The normalized spacial score (nSPS) is 11.6. The van der Waals surface area contributed by atoms with E-state index in [2.05, 4.69) is 5.32 Å². The smallest absolute Gasteiger partial charge is 0.243 e. The Hall–Kier alpha value is -1.40. The van der Waals surface area contributed by atoms with Crippen molar-refractivity contribution in [2.24, 2.45) is 0 Å². The van der Waals surface area contributed by atoms with Gasteiger partial charge in [-0.2, -0.15) is 4.31 Å². The van der Waals surface area contributed by atoms with E-state index in [1.807, 2.05) is 13.8 Å². The second-order valence-electron chi connectivity index (χ2n) is 4.41. The summed E-state index contributed by atoms with van der Waals surface area (Å²) in [7, 11) is -1.80. The summed E-state index contributed by atoms with van der Waals surface area (Å²) in [4.78, 5) is 11.5. The average Bonchev–Trinajstić information content (AvgIpc) is 2.46. The van der Waals surface area contributed by atoms with Gasteiger partial charge in [-0.1, -0.05) is 26.0 Å². The van der Waals surface area contributed by atoms with Gasteiger partial charge in [0.1, 0.15) is 0 Å². The SMILES string of the molecule is CCN(CC)S(=O)(=O)c1ccc(CCC(=O)NC)cc1. The van der Waals surface area contributed by atoms with Crippen molar-refractivity contribution in [3.8, 4) is 0 Å². The van der Waals surface area contributed by atoms with E-state index in [9.17, 15) is 13.2 Å². The van der Waals surface area contributed by atoms with Crippen molar-refractivity contribution in [3.05, 3.63) is 29.8 Å². The maximum Gasteiger partial charge on any atom is 0.243 e. The number of carbonyl (C=O) groups is 1. The summed E-state index contributed by atoms with van der Waals surface area (Å²) in [6, 6.07) is 6.73. The van der Waals surface area contributed by atoms with Crippen molar-refractivity contribution in [1.82, 2.24) is 9.62 Å². The minimum Gasteiger partial charge on any atom is -0.359 e. The summed E-state index contributed by atoms with van der Waals surface area (Å²) in [5.74, 6) is -0.0233. The molecule has 5 nitrogen and oxygen atoms in total. The molecule has 0 aliphatic rings. The molecule has 0 radical (unpaired) electrons. The predicted molar refractivity (Wildman–Crippen MR) is 78.9 cm³/mol. The molecular formula is C14H22N2O3S. The molecule has 0 saturated carbocycles. The second-order valence-corrected chi connectivity index (χ2v) is 6.34. The third kappa shape index (κ3) is 4.05. The molecule has 0 heterocycles. The predicted octanol–water partition coefficient (Wildman–Crippen LogP) is 1.40. The van der Waals surface area contributed by atoms with Crippen LogP contribution >= 0.6 is 0 Å². The molecular weight excluding hydrogens is 276 g/mol. The summed E-state index contributed by atoms with van der Waals surface area (Å²) in [5.41, 5.74) is 0.951. The van der Waals surface area contributed by atoms with Gasteiger partial charge in [0.2, 0.25) is 15.9 Å². The number of carbonyl (C=O) groups excluding carboxylic acids is 1. The van der Waals surface area contributed by atoms with Crippen LogP contribution in [-0.4, -0.2) is 38.8 Å². The molecule has 0 fully saturated rings. The van der Waals surface area contributed by atoms with E-state index in [1.165, 1.54) is 4.31 Å². The number of hydrogen-bond acceptors (Lipinski definition) is 3. The summed E-state index contributed by atoms with van der Waals surface area (Å²) in [6.45, 7) is 4.55. The van der Waals surface area contributed by atoms with E-state index in [0.29, 0.717) is 30.8 Å². The number of aryl methyl sites for hydroxylation is 1. The highest BCUT2D eigenvalue weighted by Crippen LogP contribution is 2.16. The monoisotopic (exact) mass is 298 g/mol. The maximum atomic E-state index is 12.3. The van der Waals surface area contributed by atoms with Crippen LogP contribution in [0.5, 0.6) is 0 Å². The third-order valence-electron chi connectivity index (χ3n) is 3.19. The van der Waals surface area contributed by atoms with E-state index in [1.54, 1.807) is 31.3 Å². The van der Waals surface area contributed by atoms with E-state index < -0.39 is 10.0 Å². The topological polar surface area (TPSA) is 66.5 Å². The van der Waals surface area contributed by atoms with E-state index in [-0.39, 0.29) is 5.91 Å². The van der Waals surface area contributed by atoms with Gasteiger partial charge < -0.3 is 5.32 Å². The molecule has 0 aliphatic carbocycles. The van der Waals surface area contributed by atoms with Crippen LogP contribution in [0.4, 0.5) is 0 Å².